The van der Waals surface area contributed by atoms with Gasteiger partial charge in [-0.3, -0.25) is 14.5 Å². The van der Waals surface area contributed by atoms with Crippen molar-refractivity contribution in [1.29, 1.82) is 0 Å². The van der Waals surface area contributed by atoms with Gasteiger partial charge < -0.3 is 10.2 Å². The van der Waals surface area contributed by atoms with E-state index in [1.54, 1.807) is 18.2 Å². The minimum Gasteiger partial charge on any atom is -0.508 e. The number of phenols is 1. The lowest BCUT2D eigenvalue weighted by atomic mass is 10.2. The topological polar surface area (TPSA) is 77.8 Å². The van der Waals surface area contributed by atoms with Gasteiger partial charge >= 0.3 is 5.97 Å². The standard InChI is InChI=1S/C12H9NO4S2/c14-8-3-1-2-7(4-8)5-9-11(17)13(6-10(15)16)12(18)19-9/h1-5,14H,6H2,(H,15,16). The molecule has 2 N–H and O–H groups in total. The van der Waals surface area contributed by atoms with Gasteiger partial charge in [0.25, 0.3) is 5.91 Å². The first-order chi connectivity index (χ1) is 8.97. The van der Waals surface area contributed by atoms with E-state index in [0.29, 0.717) is 10.5 Å². The number of amides is 1. The highest BCUT2D eigenvalue weighted by Crippen LogP contribution is 2.32. The smallest absolute Gasteiger partial charge is 0.323 e. The third kappa shape index (κ3) is 3.12. The van der Waals surface area contributed by atoms with Gasteiger partial charge in [0.1, 0.15) is 16.6 Å². The van der Waals surface area contributed by atoms with E-state index in [9.17, 15) is 14.7 Å². The zero-order valence-electron chi connectivity index (χ0n) is 9.57. The number of carbonyl (C=O) groups is 2. The van der Waals surface area contributed by atoms with Crippen LogP contribution in [-0.2, 0) is 9.59 Å². The number of aromatic hydroxyl groups is 1. The van der Waals surface area contributed by atoms with Crippen LogP contribution in [0.2, 0.25) is 0 Å². The van der Waals surface area contributed by atoms with Crippen molar-refractivity contribution in [2.45, 2.75) is 0 Å². The first-order valence-corrected chi connectivity index (χ1v) is 6.46. The molecule has 0 atom stereocenters. The van der Waals surface area contributed by atoms with Crippen LogP contribution in [0.1, 0.15) is 5.56 Å². The van der Waals surface area contributed by atoms with Crippen molar-refractivity contribution < 1.29 is 19.8 Å². The molecule has 1 aliphatic rings. The van der Waals surface area contributed by atoms with E-state index in [1.807, 2.05) is 0 Å². The fraction of sp³-hybridized carbons (Fsp3) is 0.0833. The number of carbonyl (C=O) groups excluding carboxylic acids is 1. The predicted molar refractivity (Wildman–Crippen MR) is 75.6 cm³/mol. The summed E-state index contributed by atoms with van der Waals surface area (Å²) in [5.74, 6) is -1.45. The molecule has 0 spiro atoms. The van der Waals surface area contributed by atoms with Crippen molar-refractivity contribution in [2.24, 2.45) is 0 Å². The Labute approximate surface area is 118 Å². The van der Waals surface area contributed by atoms with Crippen LogP contribution in [0.15, 0.2) is 29.2 Å². The molecule has 2 rings (SSSR count). The number of phenolic OH excluding ortho intramolecular Hbond substituents is 1. The van der Waals surface area contributed by atoms with Gasteiger partial charge in [0.2, 0.25) is 0 Å². The molecule has 1 amide bonds. The second-order valence-electron chi connectivity index (χ2n) is 3.76. The third-order valence-corrected chi connectivity index (χ3v) is 3.71. The second-order valence-corrected chi connectivity index (χ2v) is 5.43. The minimum atomic E-state index is -1.12. The molecule has 98 valence electrons. The van der Waals surface area contributed by atoms with Gasteiger partial charge in [0, 0.05) is 0 Å². The summed E-state index contributed by atoms with van der Waals surface area (Å²) in [5, 5.41) is 18.0. The largest absolute Gasteiger partial charge is 0.508 e. The Balaban J connectivity index is 2.25. The first-order valence-electron chi connectivity index (χ1n) is 5.23. The number of hydrogen-bond acceptors (Lipinski definition) is 5. The number of benzene rings is 1. The van der Waals surface area contributed by atoms with E-state index in [0.717, 1.165) is 16.7 Å². The fourth-order valence-corrected chi connectivity index (χ4v) is 2.79. The second kappa shape index (κ2) is 5.41. The van der Waals surface area contributed by atoms with Crippen LogP contribution in [0.5, 0.6) is 5.75 Å². The lowest BCUT2D eigenvalue weighted by molar-refractivity contribution is -0.140. The molecule has 0 bridgehead atoms. The van der Waals surface area contributed by atoms with Gasteiger partial charge in [-0.05, 0) is 23.8 Å². The van der Waals surface area contributed by atoms with Crippen molar-refractivity contribution in [3.8, 4) is 5.75 Å². The van der Waals surface area contributed by atoms with Crippen molar-refractivity contribution in [3.63, 3.8) is 0 Å². The van der Waals surface area contributed by atoms with Crippen LogP contribution in [0, 0.1) is 0 Å². The highest BCUT2D eigenvalue weighted by atomic mass is 32.2. The predicted octanol–water partition coefficient (Wildman–Crippen LogP) is 1.68. The zero-order chi connectivity index (χ0) is 14.0. The highest BCUT2D eigenvalue weighted by molar-refractivity contribution is 8.26. The molecule has 1 fully saturated rings. The summed E-state index contributed by atoms with van der Waals surface area (Å²) in [6, 6.07) is 6.40. The maximum Gasteiger partial charge on any atom is 0.323 e. The maximum atomic E-state index is 12.0. The van der Waals surface area contributed by atoms with Crippen molar-refractivity contribution in [1.82, 2.24) is 4.90 Å². The lowest BCUT2D eigenvalue weighted by Crippen LogP contribution is -2.33. The third-order valence-electron chi connectivity index (χ3n) is 2.33. The minimum absolute atomic E-state index is 0.0924. The molecule has 1 aromatic rings. The molecule has 19 heavy (non-hydrogen) atoms. The number of rotatable bonds is 3. The number of hydrogen-bond donors (Lipinski definition) is 2. The molecular weight excluding hydrogens is 286 g/mol. The molecule has 0 saturated carbocycles. The van der Waals surface area contributed by atoms with Crippen molar-refractivity contribution in [2.75, 3.05) is 6.54 Å². The van der Waals surface area contributed by atoms with Gasteiger partial charge in [0.05, 0.1) is 4.91 Å². The molecule has 1 aliphatic heterocycles. The molecule has 0 aromatic heterocycles. The van der Waals surface area contributed by atoms with E-state index in [4.69, 9.17) is 17.3 Å². The summed E-state index contributed by atoms with van der Waals surface area (Å²) in [7, 11) is 0. The summed E-state index contributed by atoms with van der Waals surface area (Å²) in [6.45, 7) is -0.442. The molecule has 1 saturated heterocycles. The summed E-state index contributed by atoms with van der Waals surface area (Å²) in [4.78, 5) is 24.0. The summed E-state index contributed by atoms with van der Waals surface area (Å²) < 4.78 is 0.221. The highest BCUT2D eigenvalue weighted by Gasteiger charge is 2.33. The van der Waals surface area contributed by atoms with E-state index < -0.39 is 18.4 Å². The Morgan fingerprint density at radius 1 is 1.47 bits per heavy atom. The van der Waals surface area contributed by atoms with Crippen LogP contribution >= 0.6 is 24.0 Å². The van der Waals surface area contributed by atoms with E-state index in [1.165, 1.54) is 12.1 Å². The monoisotopic (exact) mass is 295 g/mol. The SMILES string of the molecule is O=C(O)CN1C(=O)C(=Cc2cccc(O)c2)SC1=S. The average molecular weight is 295 g/mol. The summed E-state index contributed by atoms with van der Waals surface area (Å²) >= 11 is 6.02. The van der Waals surface area contributed by atoms with Crippen molar-refractivity contribution >= 4 is 46.3 Å². The molecular formula is C12H9NO4S2. The van der Waals surface area contributed by atoms with Gasteiger partial charge in [-0.25, -0.2) is 0 Å². The average Bonchev–Trinajstić information content (AvgIpc) is 2.57. The Kier molecular flexibility index (Phi) is 3.87. The summed E-state index contributed by atoms with van der Waals surface area (Å²) in [6.07, 6.45) is 1.57. The van der Waals surface area contributed by atoms with Crippen LogP contribution in [0.3, 0.4) is 0 Å². The quantitative estimate of drug-likeness (QED) is 0.652. The molecule has 0 radical (unpaired) electrons. The number of carboxylic acids is 1. The lowest BCUT2D eigenvalue weighted by Gasteiger charge is -2.10. The van der Waals surface area contributed by atoms with Gasteiger partial charge in [-0.1, -0.05) is 36.1 Å². The molecule has 1 heterocycles. The Hall–Kier alpha value is -1.86. The molecule has 0 aliphatic carbocycles. The normalized spacial score (nSPS) is 17.3. The Morgan fingerprint density at radius 3 is 2.84 bits per heavy atom. The molecule has 1 aromatic carbocycles. The van der Waals surface area contributed by atoms with Gasteiger partial charge in [-0.15, -0.1) is 0 Å². The number of thiocarbonyl (C=S) groups is 1. The van der Waals surface area contributed by atoms with Crippen LogP contribution in [0.25, 0.3) is 6.08 Å². The first kappa shape index (κ1) is 13.6. The van der Waals surface area contributed by atoms with Gasteiger partial charge in [0.15, 0.2) is 0 Å². The number of carboxylic acid groups (broad SMARTS) is 1. The fourth-order valence-electron chi connectivity index (χ4n) is 1.54. The van der Waals surface area contributed by atoms with E-state index >= 15 is 0 Å². The molecule has 5 nitrogen and oxygen atoms in total. The summed E-state index contributed by atoms with van der Waals surface area (Å²) in [5.41, 5.74) is 0.649. The van der Waals surface area contributed by atoms with Crippen molar-refractivity contribution in [3.05, 3.63) is 34.7 Å². The Bertz CT molecular complexity index is 597. The number of nitrogens with zero attached hydrogens (tertiary/aromatic N) is 1. The van der Waals surface area contributed by atoms with E-state index in [2.05, 4.69) is 0 Å². The van der Waals surface area contributed by atoms with E-state index in [-0.39, 0.29) is 10.1 Å². The number of thioether (sulfide) groups is 1. The van der Waals surface area contributed by atoms with Crippen LogP contribution in [-0.4, -0.2) is 37.9 Å². The molecule has 7 heteroatoms. The van der Waals surface area contributed by atoms with Crippen LogP contribution in [0.4, 0.5) is 0 Å². The number of aliphatic carboxylic acids is 1. The zero-order valence-corrected chi connectivity index (χ0v) is 11.2. The Morgan fingerprint density at radius 2 is 2.21 bits per heavy atom. The molecule has 0 unspecified atom stereocenters. The van der Waals surface area contributed by atoms with Gasteiger partial charge in [-0.2, -0.15) is 0 Å². The maximum absolute atomic E-state index is 12.0. The van der Waals surface area contributed by atoms with Crippen LogP contribution < -0.4 is 0 Å².